The Morgan fingerprint density at radius 2 is 1.68 bits per heavy atom. The van der Waals surface area contributed by atoms with Crippen LogP contribution in [0.15, 0.2) is 24.3 Å². The molecule has 19 heavy (non-hydrogen) atoms. The minimum absolute atomic E-state index is 0.159. The summed E-state index contributed by atoms with van der Waals surface area (Å²) in [6.07, 6.45) is 7.49. The van der Waals surface area contributed by atoms with Gasteiger partial charge < -0.3 is 5.32 Å². The first kappa shape index (κ1) is 16.2. The molecular weight excluding hydrogens is 237 g/mol. The topological polar surface area (TPSA) is 12.0 Å². The minimum atomic E-state index is -0.159. The van der Waals surface area contributed by atoms with Crippen molar-refractivity contribution in [2.75, 3.05) is 0 Å². The van der Waals surface area contributed by atoms with E-state index in [-0.39, 0.29) is 5.82 Å². The molecule has 0 aromatic heterocycles. The first-order valence-corrected chi connectivity index (χ1v) is 7.62. The smallest absolute Gasteiger partial charge is 0.123 e. The monoisotopic (exact) mass is 265 g/mol. The molecule has 0 saturated carbocycles. The maximum absolute atomic E-state index is 12.8. The van der Waals surface area contributed by atoms with Gasteiger partial charge in [-0.05, 0) is 44.4 Å². The Kier molecular flexibility index (Phi) is 7.73. The van der Waals surface area contributed by atoms with E-state index in [4.69, 9.17) is 0 Å². The van der Waals surface area contributed by atoms with E-state index < -0.39 is 0 Å². The van der Waals surface area contributed by atoms with Crippen molar-refractivity contribution in [3.63, 3.8) is 0 Å². The van der Waals surface area contributed by atoms with Gasteiger partial charge in [0.1, 0.15) is 5.82 Å². The van der Waals surface area contributed by atoms with Gasteiger partial charge in [-0.3, -0.25) is 0 Å². The highest BCUT2D eigenvalue weighted by molar-refractivity contribution is 5.17. The minimum Gasteiger partial charge on any atom is -0.311 e. The Hall–Kier alpha value is -0.890. The van der Waals surface area contributed by atoms with Crippen molar-refractivity contribution < 1.29 is 4.39 Å². The Balaban J connectivity index is 2.22. The van der Waals surface area contributed by atoms with Crippen molar-refractivity contribution in [3.8, 4) is 0 Å². The Morgan fingerprint density at radius 3 is 2.32 bits per heavy atom. The van der Waals surface area contributed by atoms with Crippen LogP contribution in [-0.4, -0.2) is 12.1 Å². The van der Waals surface area contributed by atoms with Crippen molar-refractivity contribution in [2.24, 2.45) is 0 Å². The summed E-state index contributed by atoms with van der Waals surface area (Å²) in [5.41, 5.74) is 1.19. The lowest BCUT2D eigenvalue weighted by Crippen LogP contribution is -2.35. The molecular formula is C17H28FN. The highest BCUT2D eigenvalue weighted by Gasteiger charge is 2.08. The van der Waals surface area contributed by atoms with Gasteiger partial charge in [0.25, 0.3) is 0 Å². The summed E-state index contributed by atoms with van der Waals surface area (Å²) >= 11 is 0. The third kappa shape index (κ3) is 7.31. The SMILES string of the molecule is CCCCCCC(C)NC(C)Cc1ccc(F)cc1. The summed E-state index contributed by atoms with van der Waals surface area (Å²) in [5.74, 6) is -0.159. The first-order valence-electron chi connectivity index (χ1n) is 7.62. The lowest BCUT2D eigenvalue weighted by molar-refractivity contribution is 0.428. The highest BCUT2D eigenvalue weighted by Crippen LogP contribution is 2.09. The second-order valence-electron chi connectivity index (χ2n) is 5.65. The molecule has 0 aliphatic heterocycles. The van der Waals surface area contributed by atoms with E-state index in [2.05, 4.69) is 26.1 Å². The molecule has 0 aliphatic rings. The predicted octanol–water partition coefficient (Wildman–Crippen LogP) is 4.71. The van der Waals surface area contributed by atoms with Gasteiger partial charge in [-0.1, -0.05) is 44.7 Å². The maximum Gasteiger partial charge on any atom is 0.123 e. The number of unbranched alkanes of at least 4 members (excludes halogenated alkanes) is 3. The van der Waals surface area contributed by atoms with Gasteiger partial charge >= 0.3 is 0 Å². The van der Waals surface area contributed by atoms with E-state index >= 15 is 0 Å². The molecule has 1 aromatic rings. The standard InChI is InChI=1S/C17H28FN/c1-4-5-6-7-8-14(2)19-15(3)13-16-9-11-17(18)12-10-16/h9-12,14-15,19H,4-8,13H2,1-3H3. The molecule has 0 fully saturated rings. The molecule has 1 N–H and O–H groups in total. The molecule has 0 bridgehead atoms. The molecule has 108 valence electrons. The molecule has 1 nitrogen and oxygen atoms in total. The molecule has 0 aliphatic carbocycles. The zero-order chi connectivity index (χ0) is 14.1. The second-order valence-corrected chi connectivity index (χ2v) is 5.65. The quantitative estimate of drug-likeness (QED) is 0.638. The lowest BCUT2D eigenvalue weighted by atomic mass is 10.0. The number of halogens is 1. The van der Waals surface area contributed by atoms with Gasteiger partial charge in [0, 0.05) is 12.1 Å². The van der Waals surface area contributed by atoms with Gasteiger partial charge in [-0.2, -0.15) is 0 Å². The van der Waals surface area contributed by atoms with Crippen LogP contribution in [0.5, 0.6) is 0 Å². The maximum atomic E-state index is 12.8. The van der Waals surface area contributed by atoms with E-state index in [0.29, 0.717) is 12.1 Å². The van der Waals surface area contributed by atoms with Crippen molar-refractivity contribution >= 4 is 0 Å². The van der Waals surface area contributed by atoms with Gasteiger partial charge in [0.05, 0.1) is 0 Å². The summed E-state index contributed by atoms with van der Waals surface area (Å²) in [7, 11) is 0. The van der Waals surface area contributed by atoms with E-state index in [1.54, 1.807) is 0 Å². The fourth-order valence-electron chi connectivity index (χ4n) is 2.48. The summed E-state index contributed by atoms with van der Waals surface area (Å²) < 4.78 is 12.8. The average Bonchev–Trinajstić information content (AvgIpc) is 2.37. The van der Waals surface area contributed by atoms with Crippen LogP contribution in [0.4, 0.5) is 4.39 Å². The molecule has 2 unspecified atom stereocenters. The Morgan fingerprint density at radius 1 is 1.00 bits per heavy atom. The molecule has 1 rings (SSSR count). The van der Waals surface area contributed by atoms with E-state index in [1.165, 1.54) is 49.8 Å². The fraction of sp³-hybridized carbons (Fsp3) is 0.647. The molecule has 1 aromatic carbocycles. The van der Waals surface area contributed by atoms with E-state index in [9.17, 15) is 4.39 Å². The zero-order valence-electron chi connectivity index (χ0n) is 12.6. The molecule has 0 spiro atoms. The summed E-state index contributed by atoms with van der Waals surface area (Å²) in [5, 5.41) is 3.63. The fourth-order valence-corrected chi connectivity index (χ4v) is 2.48. The third-order valence-corrected chi connectivity index (χ3v) is 3.51. The zero-order valence-corrected chi connectivity index (χ0v) is 12.6. The average molecular weight is 265 g/mol. The largest absolute Gasteiger partial charge is 0.311 e. The number of hydrogen-bond acceptors (Lipinski definition) is 1. The number of benzene rings is 1. The van der Waals surface area contributed by atoms with Crippen molar-refractivity contribution in [1.29, 1.82) is 0 Å². The third-order valence-electron chi connectivity index (χ3n) is 3.51. The molecule has 0 amide bonds. The Bertz CT molecular complexity index is 334. The molecule has 2 atom stereocenters. The van der Waals surface area contributed by atoms with E-state index in [1.807, 2.05) is 12.1 Å². The van der Waals surface area contributed by atoms with Gasteiger partial charge in [0.2, 0.25) is 0 Å². The van der Waals surface area contributed by atoms with Crippen LogP contribution < -0.4 is 5.32 Å². The number of hydrogen-bond donors (Lipinski definition) is 1. The van der Waals surface area contributed by atoms with E-state index in [0.717, 1.165) is 6.42 Å². The van der Waals surface area contributed by atoms with Crippen molar-refractivity contribution in [3.05, 3.63) is 35.6 Å². The Labute approximate surface area is 117 Å². The van der Waals surface area contributed by atoms with Crippen LogP contribution in [0.2, 0.25) is 0 Å². The van der Waals surface area contributed by atoms with Gasteiger partial charge in [-0.25, -0.2) is 4.39 Å². The van der Waals surface area contributed by atoms with Crippen LogP contribution in [0, 0.1) is 5.82 Å². The van der Waals surface area contributed by atoms with Crippen LogP contribution in [-0.2, 0) is 6.42 Å². The molecule has 0 radical (unpaired) electrons. The van der Waals surface area contributed by atoms with Gasteiger partial charge in [0.15, 0.2) is 0 Å². The lowest BCUT2D eigenvalue weighted by Gasteiger charge is -2.20. The second kappa shape index (κ2) is 9.08. The first-order chi connectivity index (χ1) is 9.11. The molecule has 0 saturated heterocycles. The normalized spacial score (nSPS) is 14.3. The number of nitrogens with one attached hydrogen (secondary N) is 1. The van der Waals surface area contributed by atoms with Crippen LogP contribution >= 0.6 is 0 Å². The van der Waals surface area contributed by atoms with Crippen LogP contribution in [0.1, 0.15) is 58.4 Å². The summed E-state index contributed by atoms with van der Waals surface area (Å²) in [6.45, 7) is 6.70. The molecule has 0 heterocycles. The number of rotatable bonds is 9. The summed E-state index contributed by atoms with van der Waals surface area (Å²) in [4.78, 5) is 0. The molecule has 2 heteroatoms. The van der Waals surface area contributed by atoms with Crippen LogP contribution in [0.25, 0.3) is 0 Å². The van der Waals surface area contributed by atoms with Crippen LogP contribution in [0.3, 0.4) is 0 Å². The summed E-state index contributed by atoms with van der Waals surface area (Å²) in [6, 6.07) is 7.82. The highest BCUT2D eigenvalue weighted by atomic mass is 19.1. The predicted molar refractivity (Wildman–Crippen MR) is 80.9 cm³/mol. The van der Waals surface area contributed by atoms with Crippen molar-refractivity contribution in [2.45, 2.75) is 71.4 Å². The van der Waals surface area contributed by atoms with Gasteiger partial charge in [-0.15, -0.1) is 0 Å². The van der Waals surface area contributed by atoms with Crippen molar-refractivity contribution in [1.82, 2.24) is 5.32 Å².